The van der Waals surface area contributed by atoms with Crippen LogP contribution in [0.1, 0.15) is 0 Å². The fraction of sp³-hybridized carbons (Fsp3) is 0.143. The zero-order chi connectivity index (χ0) is 14.5. The third kappa shape index (κ3) is 3.85. The van der Waals surface area contributed by atoms with Crippen LogP contribution >= 0.6 is 23.2 Å². The summed E-state index contributed by atoms with van der Waals surface area (Å²) in [7, 11) is 3.79. The van der Waals surface area contributed by atoms with Gasteiger partial charge in [0.1, 0.15) is 0 Å². The van der Waals surface area contributed by atoms with E-state index in [1.165, 1.54) is 0 Å². The van der Waals surface area contributed by atoms with Crippen LogP contribution in [0.4, 0.5) is 5.69 Å². The largest absolute Gasteiger partial charge is 0.436 e. The maximum Gasteiger partial charge on any atom is 0.219 e. The minimum atomic E-state index is 0.396. The predicted octanol–water partition coefficient (Wildman–Crippen LogP) is 4.40. The number of pyridine rings is 1. The smallest absolute Gasteiger partial charge is 0.219 e. The molecule has 4 nitrogen and oxygen atoms in total. The molecule has 0 fully saturated rings. The van der Waals surface area contributed by atoms with Crippen LogP contribution in [-0.2, 0) is 0 Å². The second-order valence-corrected chi connectivity index (χ2v) is 5.03. The number of aliphatic imine (C=N–C) groups is 1. The van der Waals surface area contributed by atoms with Crippen molar-refractivity contribution in [2.75, 3.05) is 14.1 Å². The fourth-order valence-corrected chi connectivity index (χ4v) is 1.85. The van der Waals surface area contributed by atoms with Gasteiger partial charge in [0, 0.05) is 20.2 Å². The third-order valence-electron chi connectivity index (χ3n) is 2.28. The van der Waals surface area contributed by atoms with Crippen molar-refractivity contribution in [3.8, 4) is 11.6 Å². The molecule has 0 aliphatic carbocycles. The zero-order valence-corrected chi connectivity index (χ0v) is 12.6. The highest BCUT2D eigenvalue weighted by atomic mass is 35.5. The van der Waals surface area contributed by atoms with E-state index in [0.29, 0.717) is 21.7 Å². The van der Waals surface area contributed by atoms with Crippen LogP contribution in [0.25, 0.3) is 0 Å². The first-order valence-corrected chi connectivity index (χ1v) is 6.60. The summed E-state index contributed by atoms with van der Waals surface area (Å²) in [5.74, 6) is 0.802. The number of ether oxygens (including phenoxy) is 1. The van der Waals surface area contributed by atoms with Gasteiger partial charge in [0.25, 0.3) is 0 Å². The van der Waals surface area contributed by atoms with Crippen molar-refractivity contribution >= 4 is 35.2 Å². The number of benzene rings is 1. The monoisotopic (exact) mass is 309 g/mol. The Balaban J connectivity index is 2.15. The molecule has 0 saturated carbocycles. The van der Waals surface area contributed by atoms with E-state index in [2.05, 4.69) is 9.98 Å². The minimum absolute atomic E-state index is 0.396. The Bertz CT molecular complexity index is 592. The van der Waals surface area contributed by atoms with Crippen LogP contribution in [0.5, 0.6) is 11.6 Å². The van der Waals surface area contributed by atoms with Gasteiger partial charge >= 0.3 is 0 Å². The molecule has 104 valence electrons. The molecule has 0 aliphatic heterocycles. The average Bonchev–Trinajstić information content (AvgIpc) is 2.42. The normalized spacial score (nSPS) is 10.8. The lowest BCUT2D eigenvalue weighted by molar-refractivity contribution is 0.463. The van der Waals surface area contributed by atoms with Crippen LogP contribution < -0.4 is 4.74 Å². The van der Waals surface area contributed by atoms with Gasteiger partial charge in [0.05, 0.1) is 28.3 Å². The van der Waals surface area contributed by atoms with Crippen molar-refractivity contribution in [2.45, 2.75) is 0 Å². The van der Waals surface area contributed by atoms with E-state index >= 15 is 0 Å². The molecule has 0 amide bonds. The van der Waals surface area contributed by atoms with Crippen molar-refractivity contribution < 1.29 is 4.74 Å². The molecular formula is C14H13Cl2N3O. The molecule has 0 unspecified atom stereocenters. The van der Waals surface area contributed by atoms with Crippen molar-refractivity contribution in [3.05, 3.63) is 46.6 Å². The highest BCUT2D eigenvalue weighted by Crippen LogP contribution is 2.35. The van der Waals surface area contributed by atoms with Gasteiger partial charge in [-0.05, 0) is 18.2 Å². The Labute approximate surface area is 127 Å². The summed E-state index contributed by atoms with van der Waals surface area (Å²) in [4.78, 5) is 10.2. The number of rotatable bonds is 4. The van der Waals surface area contributed by atoms with Gasteiger partial charge in [-0.2, -0.15) is 0 Å². The first-order chi connectivity index (χ1) is 9.56. The standard InChI is InChI=1S/C14H13Cl2N3O/c1-19(2)9-18-10-6-7-13(17-8-10)20-14-11(15)4-3-5-12(14)16/h3-9H,1-2H3. The van der Waals surface area contributed by atoms with E-state index < -0.39 is 0 Å². The SMILES string of the molecule is CN(C)C=Nc1ccc(Oc2c(Cl)cccc2Cl)nc1. The Morgan fingerprint density at radius 2 is 1.85 bits per heavy atom. The van der Waals surface area contributed by atoms with Gasteiger partial charge in [-0.15, -0.1) is 0 Å². The Morgan fingerprint density at radius 3 is 2.40 bits per heavy atom. The van der Waals surface area contributed by atoms with E-state index in [4.69, 9.17) is 27.9 Å². The minimum Gasteiger partial charge on any atom is -0.436 e. The average molecular weight is 310 g/mol. The van der Waals surface area contributed by atoms with Crippen molar-refractivity contribution in [1.29, 1.82) is 0 Å². The van der Waals surface area contributed by atoms with Gasteiger partial charge in [0.2, 0.25) is 5.88 Å². The first kappa shape index (κ1) is 14.6. The highest BCUT2D eigenvalue weighted by molar-refractivity contribution is 6.37. The quantitative estimate of drug-likeness (QED) is 0.620. The van der Waals surface area contributed by atoms with Crippen molar-refractivity contribution in [1.82, 2.24) is 9.88 Å². The molecule has 0 N–H and O–H groups in total. The van der Waals surface area contributed by atoms with Gasteiger partial charge in [-0.25, -0.2) is 9.98 Å². The maximum absolute atomic E-state index is 6.03. The lowest BCUT2D eigenvalue weighted by Crippen LogP contribution is -2.06. The molecule has 0 spiro atoms. The van der Waals surface area contributed by atoms with Crippen LogP contribution in [0, 0.1) is 0 Å². The second-order valence-electron chi connectivity index (χ2n) is 4.22. The summed E-state index contributed by atoms with van der Waals surface area (Å²) >= 11 is 12.1. The van der Waals surface area contributed by atoms with Gasteiger partial charge in [-0.1, -0.05) is 29.3 Å². The lowest BCUT2D eigenvalue weighted by atomic mass is 10.3. The molecule has 0 aliphatic rings. The maximum atomic E-state index is 6.03. The summed E-state index contributed by atoms with van der Waals surface area (Å²) in [6.07, 6.45) is 3.31. The van der Waals surface area contributed by atoms with E-state index in [-0.39, 0.29) is 0 Å². The molecule has 1 aromatic heterocycles. The molecule has 0 bridgehead atoms. The van der Waals surface area contributed by atoms with Crippen molar-refractivity contribution in [2.24, 2.45) is 4.99 Å². The fourth-order valence-electron chi connectivity index (χ4n) is 1.38. The summed E-state index contributed by atoms with van der Waals surface area (Å²) in [6.45, 7) is 0. The van der Waals surface area contributed by atoms with Gasteiger partial charge < -0.3 is 9.64 Å². The molecule has 2 rings (SSSR count). The molecule has 1 heterocycles. The van der Waals surface area contributed by atoms with Crippen LogP contribution in [0.2, 0.25) is 10.0 Å². The summed E-state index contributed by atoms with van der Waals surface area (Å²) in [5, 5.41) is 0.878. The van der Waals surface area contributed by atoms with Gasteiger partial charge in [-0.3, -0.25) is 0 Å². The molecule has 0 atom stereocenters. The number of hydrogen-bond donors (Lipinski definition) is 0. The first-order valence-electron chi connectivity index (χ1n) is 5.85. The molecule has 6 heteroatoms. The van der Waals surface area contributed by atoms with Crippen molar-refractivity contribution in [3.63, 3.8) is 0 Å². The van der Waals surface area contributed by atoms with Crippen LogP contribution in [0.15, 0.2) is 41.5 Å². The lowest BCUT2D eigenvalue weighted by Gasteiger charge is -2.08. The Kier molecular flexibility index (Phi) is 4.82. The highest BCUT2D eigenvalue weighted by Gasteiger charge is 2.08. The zero-order valence-electron chi connectivity index (χ0n) is 11.0. The topological polar surface area (TPSA) is 37.7 Å². The Hall–Kier alpha value is -1.78. The third-order valence-corrected chi connectivity index (χ3v) is 2.88. The number of halogens is 2. The predicted molar refractivity (Wildman–Crippen MR) is 82.6 cm³/mol. The van der Waals surface area contributed by atoms with Gasteiger partial charge in [0.15, 0.2) is 5.75 Å². The molecule has 1 aromatic carbocycles. The number of aromatic nitrogens is 1. The van der Waals surface area contributed by atoms with Crippen LogP contribution in [-0.4, -0.2) is 30.3 Å². The molecule has 0 radical (unpaired) electrons. The van der Waals surface area contributed by atoms with E-state index in [0.717, 1.165) is 5.69 Å². The summed E-state index contributed by atoms with van der Waals surface area (Å²) in [5.41, 5.74) is 0.733. The number of hydrogen-bond acceptors (Lipinski definition) is 3. The molecule has 20 heavy (non-hydrogen) atoms. The van der Waals surface area contributed by atoms with E-state index in [9.17, 15) is 0 Å². The summed E-state index contributed by atoms with van der Waals surface area (Å²) in [6, 6.07) is 8.68. The van der Waals surface area contributed by atoms with Crippen LogP contribution in [0.3, 0.4) is 0 Å². The number of nitrogens with zero attached hydrogens (tertiary/aromatic N) is 3. The summed E-state index contributed by atoms with van der Waals surface area (Å²) < 4.78 is 5.58. The second kappa shape index (κ2) is 6.59. The molecular weight excluding hydrogens is 297 g/mol. The molecule has 0 saturated heterocycles. The number of para-hydroxylation sites is 1. The molecule has 2 aromatic rings. The Morgan fingerprint density at radius 1 is 1.15 bits per heavy atom. The van der Waals surface area contributed by atoms with E-state index in [1.54, 1.807) is 42.9 Å². The van der Waals surface area contributed by atoms with E-state index in [1.807, 2.05) is 19.0 Å².